The van der Waals surface area contributed by atoms with E-state index in [1.165, 1.54) is 6.42 Å². The van der Waals surface area contributed by atoms with Crippen LogP contribution < -0.4 is 11.1 Å². The number of nitrogens with two attached hydrogens (primary N) is 1. The number of halogens is 1. The van der Waals surface area contributed by atoms with Crippen LogP contribution in [0.4, 0.5) is 0 Å². The molecule has 0 radical (unpaired) electrons. The van der Waals surface area contributed by atoms with Gasteiger partial charge in [-0.1, -0.05) is 57.5 Å². The molecule has 3 N–H and O–H groups in total. The van der Waals surface area contributed by atoms with Crippen molar-refractivity contribution in [2.75, 3.05) is 6.54 Å². The minimum atomic E-state index is -0.710. The van der Waals surface area contributed by atoms with Crippen LogP contribution in [0.5, 0.6) is 0 Å². The molecule has 0 heterocycles. The van der Waals surface area contributed by atoms with E-state index in [1.807, 2.05) is 30.3 Å². The molecule has 1 saturated carbocycles. The summed E-state index contributed by atoms with van der Waals surface area (Å²) in [5, 5.41) is 2.72. The van der Waals surface area contributed by atoms with Gasteiger partial charge in [-0.15, -0.1) is 12.4 Å². The number of ether oxygens (including phenoxy) is 1. The van der Waals surface area contributed by atoms with Gasteiger partial charge in [0, 0.05) is 6.42 Å². The second-order valence-electron chi connectivity index (χ2n) is 7.82. The highest BCUT2D eigenvalue weighted by atomic mass is 35.5. The van der Waals surface area contributed by atoms with Gasteiger partial charge in [-0.3, -0.25) is 4.79 Å². The molecule has 0 aromatic heterocycles. The summed E-state index contributed by atoms with van der Waals surface area (Å²) in [7, 11) is 0. The normalized spacial score (nSPS) is 23.2. The van der Waals surface area contributed by atoms with Crippen molar-refractivity contribution in [3.63, 3.8) is 0 Å². The fourth-order valence-corrected chi connectivity index (χ4v) is 3.78. The molecule has 0 unspecified atom stereocenters. The zero-order valence-electron chi connectivity index (χ0n) is 16.5. The summed E-state index contributed by atoms with van der Waals surface area (Å²) in [6.45, 7) is 6.42. The Morgan fingerprint density at radius 3 is 2.48 bits per heavy atom. The van der Waals surface area contributed by atoms with Crippen molar-refractivity contribution in [3.05, 3.63) is 35.9 Å². The summed E-state index contributed by atoms with van der Waals surface area (Å²) in [6.07, 6.45) is 3.46. The number of rotatable bonds is 7. The van der Waals surface area contributed by atoms with E-state index in [1.54, 1.807) is 0 Å². The maximum Gasteiger partial charge on any atom is 0.329 e. The molecule has 5 nitrogen and oxygen atoms in total. The zero-order chi connectivity index (χ0) is 19.1. The van der Waals surface area contributed by atoms with Gasteiger partial charge in [-0.05, 0) is 36.2 Å². The molecule has 4 atom stereocenters. The lowest BCUT2D eigenvalue weighted by Crippen LogP contribution is -2.48. The molecule has 1 aliphatic carbocycles. The highest BCUT2D eigenvalue weighted by molar-refractivity contribution is 5.86. The van der Waals surface area contributed by atoms with E-state index in [4.69, 9.17) is 10.5 Å². The van der Waals surface area contributed by atoms with Crippen LogP contribution in [0.2, 0.25) is 0 Å². The largest absolute Gasteiger partial charge is 0.461 e. The lowest BCUT2D eigenvalue weighted by Gasteiger charge is -2.37. The molecule has 0 bridgehead atoms. The van der Waals surface area contributed by atoms with Crippen molar-refractivity contribution in [2.45, 2.75) is 58.6 Å². The molecule has 0 spiro atoms. The quantitative estimate of drug-likeness (QED) is 0.694. The Balaban J connectivity index is 0.00000364. The smallest absolute Gasteiger partial charge is 0.329 e. The second-order valence-corrected chi connectivity index (χ2v) is 7.82. The minimum Gasteiger partial charge on any atom is -0.461 e. The molecule has 0 aliphatic heterocycles. The molecule has 1 amide bonds. The molecule has 1 fully saturated rings. The Bertz CT molecular complexity index is 594. The van der Waals surface area contributed by atoms with Crippen LogP contribution in [0.15, 0.2) is 30.3 Å². The van der Waals surface area contributed by atoms with Crippen molar-refractivity contribution in [1.29, 1.82) is 0 Å². The Labute approximate surface area is 168 Å². The molecule has 27 heavy (non-hydrogen) atoms. The third-order valence-corrected chi connectivity index (χ3v) is 5.32. The molecule has 152 valence electrons. The van der Waals surface area contributed by atoms with Crippen LogP contribution >= 0.6 is 12.4 Å². The third kappa shape index (κ3) is 7.15. The van der Waals surface area contributed by atoms with E-state index >= 15 is 0 Å². The third-order valence-electron chi connectivity index (χ3n) is 5.32. The van der Waals surface area contributed by atoms with Crippen molar-refractivity contribution < 1.29 is 14.3 Å². The van der Waals surface area contributed by atoms with Crippen LogP contribution in [0, 0.1) is 17.8 Å². The predicted molar refractivity (Wildman–Crippen MR) is 110 cm³/mol. The number of carbonyl (C=O) groups excluding carboxylic acids is 2. The average molecular weight is 397 g/mol. The lowest BCUT2D eigenvalue weighted by molar-refractivity contribution is -0.159. The van der Waals surface area contributed by atoms with Gasteiger partial charge in [-0.25, -0.2) is 4.79 Å². The van der Waals surface area contributed by atoms with E-state index in [2.05, 4.69) is 26.1 Å². The average Bonchev–Trinajstić information content (AvgIpc) is 2.61. The van der Waals surface area contributed by atoms with Crippen LogP contribution in [0.25, 0.3) is 0 Å². The topological polar surface area (TPSA) is 81.4 Å². The van der Waals surface area contributed by atoms with Crippen LogP contribution in [0.1, 0.15) is 45.6 Å². The Morgan fingerprint density at radius 2 is 1.89 bits per heavy atom. The van der Waals surface area contributed by atoms with Gasteiger partial charge in [0.1, 0.15) is 12.1 Å². The first-order valence-electron chi connectivity index (χ1n) is 9.64. The number of amides is 1. The summed E-state index contributed by atoms with van der Waals surface area (Å²) >= 11 is 0. The predicted octanol–water partition coefficient (Wildman–Crippen LogP) is 3.10. The van der Waals surface area contributed by atoms with E-state index < -0.39 is 6.04 Å². The maximum absolute atomic E-state index is 12.9. The number of hydrogen-bond donors (Lipinski definition) is 2. The van der Waals surface area contributed by atoms with Crippen molar-refractivity contribution in [2.24, 2.45) is 23.5 Å². The first-order chi connectivity index (χ1) is 12.4. The molecular formula is C21H33ClN2O3. The Morgan fingerprint density at radius 1 is 1.22 bits per heavy atom. The van der Waals surface area contributed by atoms with Gasteiger partial charge in [0.15, 0.2) is 0 Å². The van der Waals surface area contributed by atoms with Crippen molar-refractivity contribution >= 4 is 24.3 Å². The summed E-state index contributed by atoms with van der Waals surface area (Å²) < 4.78 is 5.92. The molecule has 1 aliphatic rings. The van der Waals surface area contributed by atoms with Crippen LogP contribution in [-0.4, -0.2) is 30.6 Å². The molecule has 0 saturated heterocycles. The fourth-order valence-electron chi connectivity index (χ4n) is 3.78. The van der Waals surface area contributed by atoms with Gasteiger partial charge in [-0.2, -0.15) is 0 Å². The van der Waals surface area contributed by atoms with E-state index in [0.717, 1.165) is 18.4 Å². The van der Waals surface area contributed by atoms with Crippen LogP contribution in [0.3, 0.4) is 0 Å². The number of benzene rings is 1. The number of nitrogens with one attached hydrogen (secondary N) is 1. The number of hydrogen-bond acceptors (Lipinski definition) is 4. The number of esters is 1. The first-order valence-corrected chi connectivity index (χ1v) is 9.64. The van der Waals surface area contributed by atoms with Crippen molar-refractivity contribution in [1.82, 2.24) is 5.32 Å². The minimum absolute atomic E-state index is 0. The van der Waals surface area contributed by atoms with Gasteiger partial charge < -0.3 is 15.8 Å². The lowest BCUT2D eigenvalue weighted by atomic mass is 9.75. The molecule has 2 rings (SSSR count). The number of carbonyl (C=O) groups is 2. The molecule has 6 heteroatoms. The summed E-state index contributed by atoms with van der Waals surface area (Å²) in [4.78, 5) is 24.7. The van der Waals surface area contributed by atoms with E-state index in [9.17, 15) is 9.59 Å². The van der Waals surface area contributed by atoms with Gasteiger partial charge in [0.2, 0.25) is 5.91 Å². The molecule has 1 aromatic rings. The highest BCUT2D eigenvalue weighted by Crippen LogP contribution is 2.35. The summed E-state index contributed by atoms with van der Waals surface area (Å²) in [5.41, 5.74) is 6.39. The summed E-state index contributed by atoms with van der Waals surface area (Å²) in [5.74, 6) is 0.680. The maximum atomic E-state index is 12.9. The van der Waals surface area contributed by atoms with Gasteiger partial charge in [0.05, 0.1) is 6.54 Å². The summed E-state index contributed by atoms with van der Waals surface area (Å²) in [6, 6.07) is 8.92. The Kier molecular flexibility index (Phi) is 9.81. The zero-order valence-corrected chi connectivity index (χ0v) is 17.3. The second kappa shape index (κ2) is 11.3. The van der Waals surface area contributed by atoms with Gasteiger partial charge in [0.25, 0.3) is 0 Å². The van der Waals surface area contributed by atoms with E-state index in [0.29, 0.717) is 24.2 Å². The van der Waals surface area contributed by atoms with Crippen LogP contribution in [-0.2, 0) is 20.7 Å². The SMILES string of the molecule is CC(C)[C@@H]1CC[C@@H](C)C[C@H]1OC(=O)[C@H](Cc1ccccc1)NC(=O)CN.Cl. The fraction of sp³-hybridized carbons (Fsp3) is 0.619. The van der Waals surface area contributed by atoms with E-state index in [-0.39, 0.29) is 36.9 Å². The first kappa shape index (κ1) is 23.4. The molecular weight excluding hydrogens is 364 g/mol. The highest BCUT2D eigenvalue weighted by Gasteiger charge is 2.35. The van der Waals surface area contributed by atoms with Crippen molar-refractivity contribution in [3.8, 4) is 0 Å². The Hall–Kier alpha value is -1.59. The van der Waals surface area contributed by atoms with Gasteiger partial charge >= 0.3 is 5.97 Å². The standard InChI is InChI=1S/C21H32N2O3.ClH/c1-14(2)17-10-9-15(3)11-19(17)26-21(25)18(23-20(24)13-22)12-16-7-5-4-6-8-16;/h4-8,14-15,17-19H,9-13,22H2,1-3H3,(H,23,24);1H/t15-,17+,18+,19-;/m1./s1. The molecule has 1 aromatic carbocycles. The monoisotopic (exact) mass is 396 g/mol.